The van der Waals surface area contributed by atoms with Gasteiger partial charge in [0.25, 0.3) is 0 Å². The van der Waals surface area contributed by atoms with Gasteiger partial charge in [0, 0.05) is 66.9 Å². The molecule has 0 saturated carbocycles. The van der Waals surface area contributed by atoms with Crippen LogP contribution in [0.15, 0.2) is 121 Å². The minimum atomic E-state index is -0.404. The van der Waals surface area contributed by atoms with Gasteiger partial charge >= 0.3 is 0 Å². The second kappa shape index (κ2) is 17.5. The average molecular weight is 1070 g/mol. The Kier molecular flexibility index (Phi) is 12.3. The molecule has 0 atom stereocenters. The molecule has 3 heterocycles. The third-order valence-electron chi connectivity index (χ3n) is 12.7. The molecule has 0 bridgehead atoms. The average Bonchev–Trinajstić information content (AvgIpc) is 3.83. The van der Waals surface area contributed by atoms with E-state index in [0.717, 1.165) is 67.1 Å². The zero-order valence-corrected chi connectivity index (χ0v) is 43.3. The molecule has 0 spiro atoms. The molecule has 6 aromatic carbocycles. The van der Waals surface area contributed by atoms with E-state index < -0.39 is 5.41 Å². The summed E-state index contributed by atoms with van der Waals surface area (Å²) in [6, 6.07) is 49.4. The third-order valence-corrected chi connectivity index (χ3v) is 12.7. The van der Waals surface area contributed by atoms with Crippen LogP contribution in [0.1, 0.15) is 111 Å². The maximum Gasteiger partial charge on any atom is 0.188 e. The van der Waals surface area contributed by atoms with E-state index in [-0.39, 0.29) is 37.3 Å². The summed E-state index contributed by atoms with van der Waals surface area (Å²) in [6.07, 6.45) is 1.88. The van der Waals surface area contributed by atoms with Gasteiger partial charge in [-0.15, -0.1) is 53.6 Å². The molecule has 0 aliphatic carbocycles. The maximum atomic E-state index is 10.7. The summed E-state index contributed by atoms with van der Waals surface area (Å²) >= 11 is 0. The molecule has 0 radical (unpaired) electrons. The molecule has 8 aromatic rings. The number of fused-ring (bicyclic) bond motifs is 4. The van der Waals surface area contributed by atoms with Crippen LogP contribution in [0.5, 0.6) is 11.5 Å². The Morgan fingerprint density at radius 3 is 1.93 bits per heavy atom. The number of ether oxygens (including phenoxy) is 1. The Hall–Kier alpha value is -6.66. The van der Waals surface area contributed by atoms with Crippen LogP contribution in [-0.2, 0) is 42.7 Å². The fraction of sp³-hybridized carbons (Fsp3) is 0.267. The van der Waals surface area contributed by atoms with Gasteiger partial charge in [0.1, 0.15) is 5.82 Å². The van der Waals surface area contributed by atoms with Gasteiger partial charge in [-0.05, 0) is 103 Å². The van der Waals surface area contributed by atoms with Gasteiger partial charge in [-0.2, -0.15) is 11.3 Å². The molecular weight excluding hydrogens is 1020 g/mol. The first-order valence-corrected chi connectivity index (χ1v) is 22.9. The number of nitrogens with zero attached hydrogens (tertiary/aromatic N) is 6. The number of rotatable bonds is 6. The number of para-hydroxylation sites is 3. The molecular formula is C60H57N6OPt-3. The van der Waals surface area contributed by atoms with Crippen LogP contribution in [0.4, 0.5) is 28.4 Å². The quantitative estimate of drug-likeness (QED) is 0.155. The predicted molar refractivity (Wildman–Crippen MR) is 275 cm³/mol. The maximum absolute atomic E-state index is 10.7. The molecule has 0 fully saturated rings. The standard InChI is InChI=1S/C60H57N6O.Pt/c1-57(2,3)40-24-25-63-55(32-40)66-51-19-15-14-18-48(51)49-23-22-46(35-54(49)66)67-47-28-38(56-39(36-61)26-43(62-13)33-50(56)60(10,11)12)27-44(34-47)64-37-65(53-21-17-16-20-52(53)64)45-30-41(58(4,5)6)29-42(31-45)59(7,8)9;/h14-33,37H,1-12H3;/q-3;. The minimum Gasteiger partial charge on any atom is -0.509 e. The van der Waals surface area contributed by atoms with Crippen molar-refractivity contribution >= 4 is 50.2 Å². The van der Waals surface area contributed by atoms with Crippen LogP contribution in [0.2, 0.25) is 0 Å². The van der Waals surface area contributed by atoms with E-state index in [2.05, 4.69) is 218 Å². The van der Waals surface area contributed by atoms with Crippen LogP contribution in [0.25, 0.3) is 43.6 Å². The Morgan fingerprint density at radius 1 is 0.647 bits per heavy atom. The van der Waals surface area contributed by atoms with Gasteiger partial charge in [-0.3, -0.25) is 0 Å². The van der Waals surface area contributed by atoms with Crippen molar-refractivity contribution < 1.29 is 25.8 Å². The van der Waals surface area contributed by atoms with Crippen molar-refractivity contribution in [3.63, 3.8) is 0 Å². The molecule has 346 valence electrons. The number of nitriles is 1. The molecule has 0 saturated heterocycles. The summed E-state index contributed by atoms with van der Waals surface area (Å²) in [4.78, 5) is 13.1. The first-order valence-electron chi connectivity index (χ1n) is 22.9. The molecule has 0 amide bonds. The number of aromatic nitrogens is 2. The normalized spacial score (nSPS) is 13.0. The Morgan fingerprint density at radius 2 is 1.29 bits per heavy atom. The second-order valence-electron chi connectivity index (χ2n) is 21.8. The Bertz CT molecular complexity index is 3310. The monoisotopic (exact) mass is 1070 g/mol. The molecule has 68 heavy (non-hydrogen) atoms. The van der Waals surface area contributed by atoms with E-state index in [9.17, 15) is 5.26 Å². The molecule has 1 aliphatic heterocycles. The predicted octanol–water partition coefficient (Wildman–Crippen LogP) is 16.3. The zero-order chi connectivity index (χ0) is 47.8. The van der Waals surface area contributed by atoms with Gasteiger partial charge in [0.15, 0.2) is 5.69 Å². The van der Waals surface area contributed by atoms with Crippen molar-refractivity contribution in [3.8, 4) is 34.5 Å². The summed E-state index contributed by atoms with van der Waals surface area (Å²) in [5.41, 5.74) is 12.0. The summed E-state index contributed by atoms with van der Waals surface area (Å²) in [6.45, 7) is 36.6. The molecule has 0 unspecified atom stereocenters. The summed E-state index contributed by atoms with van der Waals surface area (Å²) in [5, 5.41) is 12.9. The summed E-state index contributed by atoms with van der Waals surface area (Å²) < 4.78 is 9.10. The van der Waals surface area contributed by atoms with E-state index in [1.165, 1.54) is 16.7 Å². The fourth-order valence-electron chi connectivity index (χ4n) is 8.96. The van der Waals surface area contributed by atoms with Crippen LogP contribution in [0.3, 0.4) is 0 Å². The van der Waals surface area contributed by atoms with Crippen LogP contribution >= 0.6 is 0 Å². The van der Waals surface area contributed by atoms with Crippen molar-refractivity contribution in [2.75, 3.05) is 9.80 Å². The largest absolute Gasteiger partial charge is 0.509 e. The van der Waals surface area contributed by atoms with Gasteiger partial charge < -0.3 is 19.1 Å². The van der Waals surface area contributed by atoms with E-state index >= 15 is 0 Å². The van der Waals surface area contributed by atoms with Crippen LogP contribution in [-0.4, -0.2) is 9.55 Å². The van der Waals surface area contributed by atoms with Gasteiger partial charge in [0.2, 0.25) is 0 Å². The molecule has 0 N–H and O–H groups in total. The third kappa shape index (κ3) is 8.94. The second-order valence-corrected chi connectivity index (χ2v) is 21.8. The van der Waals surface area contributed by atoms with Crippen molar-refractivity contribution in [2.24, 2.45) is 0 Å². The first kappa shape index (κ1) is 47.8. The van der Waals surface area contributed by atoms with E-state index in [1.807, 2.05) is 24.4 Å². The Labute approximate surface area is 417 Å². The van der Waals surface area contributed by atoms with Gasteiger partial charge in [-0.1, -0.05) is 131 Å². The smallest absolute Gasteiger partial charge is 0.188 e. The van der Waals surface area contributed by atoms with Gasteiger partial charge in [0.05, 0.1) is 12.6 Å². The van der Waals surface area contributed by atoms with E-state index in [1.54, 1.807) is 6.07 Å². The van der Waals surface area contributed by atoms with Crippen molar-refractivity contribution in [2.45, 2.75) is 105 Å². The van der Waals surface area contributed by atoms with E-state index in [0.29, 0.717) is 22.7 Å². The number of pyridine rings is 1. The van der Waals surface area contributed by atoms with Crippen LogP contribution < -0.4 is 14.5 Å². The molecule has 7 nitrogen and oxygen atoms in total. The SMILES string of the molecule is [C-]#[N+]c1cc(C#N)c(-c2cc(Oc3[c-]c4c(cc3)c3ccccc3n4-c3cc(C(C)(C)C)ccn3)[c-]c(N3[CH-]N(c4cc(C(C)(C)C)cc(C(C)(C)C)c4)c4ccccc43)c2)c(C(C)(C)C)c1.[Pt]. The number of hydrogen-bond donors (Lipinski definition) is 0. The number of anilines is 4. The number of benzene rings is 6. The minimum absolute atomic E-state index is 0. The number of hydrogen-bond acceptors (Lipinski definition) is 5. The molecule has 8 heteroatoms. The van der Waals surface area contributed by atoms with Crippen molar-refractivity contribution in [1.29, 1.82) is 5.26 Å². The van der Waals surface area contributed by atoms with E-state index in [4.69, 9.17) is 16.3 Å². The Balaban J connectivity index is 0.00000625. The summed E-state index contributed by atoms with van der Waals surface area (Å²) in [5.74, 6) is 1.76. The zero-order valence-electron chi connectivity index (χ0n) is 41.0. The fourth-order valence-corrected chi connectivity index (χ4v) is 8.96. The molecule has 1 aliphatic rings. The van der Waals surface area contributed by atoms with Crippen LogP contribution in [0, 0.1) is 36.7 Å². The summed E-state index contributed by atoms with van der Waals surface area (Å²) in [7, 11) is 0. The van der Waals surface area contributed by atoms with Crippen molar-refractivity contribution in [3.05, 3.63) is 179 Å². The van der Waals surface area contributed by atoms with Crippen molar-refractivity contribution in [1.82, 2.24) is 9.55 Å². The topological polar surface area (TPSA) is 61.7 Å². The first-order chi connectivity index (χ1) is 31.6. The molecule has 2 aromatic heterocycles. The molecule has 9 rings (SSSR count). The van der Waals surface area contributed by atoms with Gasteiger partial charge in [-0.25, -0.2) is 9.83 Å².